The van der Waals surface area contributed by atoms with Gasteiger partial charge in [-0.2, -0.15) is 0 Å². The number of nitrogens with zero attached hydrogens (tertiary/aromatic N) is 1. The lowest BCUT2D eigenvalue weighted by Crippen LogP contribution is -2.55. The molecule has 0 radical (unpaired) electrons. The summed E-state index contributed by atoms with van der Waals surface area (Å²) in [7, 11) is 0. The normalized spacial score (nSPS) is 24.6. The first-order chi connectivity index (χ1) is 7.45. The minimum absolute atomic E-state index is 0.0709. The van der Waals surface area contributed by atoms with Crippen molar-refractivity contribution in [3.8, 4) is 0 Å². The van der Waals surface area contributed by atoms with E-state index in [1.54, 1.807) is 11.8 Å². The lowest BCUT2D eigenvalue weighted by atomic mass is 9.95. The molecule has 0 unspecified atom stereocenters. The molecule has 92 valence electrons. The van der Waals surface area contributed by atoms with E-state index < -0.39 is 11.4 Å². The number of carbonyl (C=O) groups is 2. The SMILES string of the molecule is CCC[C@@H]1CC(=O)N([C@](C)(CC)C(N)=O)C1. The van der Waals surface area contributed by atoms with Crippen LogP contribution in [-0.2, 0) is 9.59 Å². The molecular formula is C12H22N2O2. The number of amides is 2. The highest BCUT2D eigenvalue weighted by atomic mass is 16.2. The average Bonchev–Trinajstić information content (AvgIpc) is 2.59. The zero-order valence-electron chi connectivity index (χ0n) is 10.5. The molecule has 0 aromatic carbocycles. The zero-order chi connectivity index (χ0) is 12.3. The Hall–Kier alpha value is -1.06. The van der Waals surface area contributed by atoms with Gasteiger partial charge in [-0.15, -0.1) is 0 Å². The predicted octanol–water partition coefficient (Wildman–Crippen LogP) is 1.29. The molecule has 1 aliphatic heterocycles. The second-order valence-corrected chi connectivity index (χ2v) is 4.85. The molecule has 1 fully saturated rings. The van der Waals surface area contributed by atoms with E-state index in [2.05, 4.69) is 6.92 Å². The van der Waals surface area contributed by atoms with Gasteiger partial charge < -0.3 is 10.6 Å². The fourth-order valence-electron chi connectivity index (χ4n) is 2.36. The molecule has 0 saturated carbocycles. The molecular weight excluding hydrogens is 204 g/mol. The van der Waals surface area contributed by atoms with Gasteiger partial charge in [-0.25, -0.2) is 0 Å². The number of primary amides is 1. The summed E-state index contributed by atoms with van der Waals surface area (Å²) in [6, 6.07) is 0. The second kappa shape index (κ2) is 4.85. The van der Waals surface area contributed by atoms with Crippen LogP contribution in [0.2, 0.25) is 0 Å². The summed E-state index contributed by atoms with van der Waals surface area (Å²) < 4.78 is 0. The van der Waals surface area contributed by atoms with E-state index in [1.807, 2.05) is 6.92 Å². The summed E-state index contributed by atoms with van der Waals surface area (Å²) in [6.45, 7) is 6.45. The highest BCUT2D eigenvalue weighted by molar-refractivity contribution is 5.91. The standard InChI is InChI=1S/C12H22N2O2/c1-4-6-9-7-10(15)14(8-9)12(3,5-2)11(13)16/h9H,4-8H2,1-3H3,(H2,13,16)/t9-,12-/m1/s1. The molecule has 1 heterocycles. The Kier molecular flexibility index (Phi) is 3.94. The van der Waals surface area contributed by atoms with Crippen molar-refractivity contribution in [3.63, 3.8) is 0 Å². The molecule has 4 nitrogen and oxygen atoms in total. The van der Waals surface area contributed by atoms with Crippen LogP contribution in [0.4, 0.5) is 0 Å². The highest BCUT2D eigenvalue weighted by Gasteiger charge is 2.43. The molecule has 2 amide bonds. The molecule has 16 heavy (non-hydrogen) atoms. The summed E-state index contributed by atoms with van der Waals surface area (Å²) in [5.41, 5.74) is 4.60. The van der Waals surface area contributed by atoms with E-state index in [9.17, 15) is 9.59 Å². The predicted molar refractivity (Wildman–Crippen MR) is 62.6 cm³/mol. The minimum atomic E-state index is -0.806. The molecule has 0 aliphatic carbocycles. The molecule has 0 aromatic rings. The quantitative estimate of drug-likeness (QED) is 0.767. The molecule has 2 N–H and O–H groups in total. The number of rotatable bonds is 5. The van der Waals surface area contributed by atoms with Crippen molar-refractivity contribution in [2.75, 3.05) is 6.54 Å². The first kappa shape index (κ1) is 13.0. The summed E-state index contributed by atoms with van der Waals surface area (Å²) in [5, 5.41) is 0. The average molecular weight is 226 g/mol. The van der Waals surface area contributed by atoms with Crippen molar-refractivity contribution in [1.82, 2.24) is 4.90 Å². The van der Waals surface area contributed by atoms with E-state index in [0.717, 1.165) is 12.8 Å². The van der Waals surface area contributed by atoms with Crippen molar-refractivity contribution in [3.05, 3.63) is 0 Å². The summed E-state index contributed by atoms with van der Waals surface area (Å²) in [4.78, 5) is 25.0. The summed E-state index contributed by atoms with van der Waals surface area (Å²) >= 11 is 0. The van der Waals surface area contributed by atoms with Crippen LogP contribution in [0.25, 0.3) is 0 Å². The molecule has 1 aliphatic rings. The Balaban J connectivity index is 2.80. The zero-order valence-corrected chi connectivity index (χ0v) is 10.5. The fourth-order valence-corrected chi connectivity index (χ4v) is 2.36. The first-order valence-corrected chi connectivity index (χ1v) is 6.06. The number of likely N-dealkylation sites (tertiary alicyclic amines) is 1. The Morgan fingerprint density at radius 2 is 2.19 bits per heavy atom. The van der Waals surface area contributed by atoms with Gasteiger partial charge in [-0.3, -0.25) is 9.59 Å². The van der Waals surface area contributed by atoms with Crippen molar-refractivity contribution in [2.24, 2.45) is 11.7 Å². The third-order valence-corrected chi connectivity index (χ3v) is 3.72. The van der Waals surface area contributed by atoms with Crippen molar-refractivity contribution >= 4 is 11.8 Å². The van der Waals surface area contributed by atoms with Crippen molar-refractivity contribution in [2.45, 2.75) is 52.0 Å². The smallest absolute Gasteiger partial charge is 0.243 e. The minimum Gasteiger partial charge on any atom is -0.368 e. The Morgan fingerprint density at radius 3 is 2.62 bits per heavy atom. The van der Waals surface area contributed by atoms with Gasteiger partial charge in [-0.1, -0.05) is 20.3 Å². The highest BCUT2D eigenvalue weighted by Crippen LogP contribution is 2.30. The lowest BCUT2D eigenvalue weighted by Gasteiger charge is -2.35. The number of hydrogen-bond acceptors (Lipinski definition) is 2. The molecule has 4 heteroatoms. The molecule has 1 saturated heterocycles. The maximum Gasteiger partial charge on any atom is 0.243 e. The third-order valence-electron chi connectivity index (χ3n) is 3.72. The van der Waals surface area contributed by atoms with Crippen LogP contribution in [0, 0.1) is 5.92 Å². The van der Waals surface area contributed by atoms with Crippen LogP contribution >= 0.6 is 0 Å². The second-order valence-electron chi connectivity index (χ2n) is 4.85. The van der Waals surface area contributed by atoms with Gasteiger partial charge in [0.15, 0.2) is 0 Å². The van der Waals surface area contributed by atoms with Gasteiger partial charge in [0.05, 0.1) is 0 Å². The molecule has 0 aromatic heterocycles. The summed E-state index contributed by atoms with van der Waals surface area (Å²) in [6.07, 6.45) is 3.26. The fraction of sp³-hybridized carbons (Fsp3) is 0.833. The van der Waals surface area contributed by atoms with Gasteiger partial charge in [0.25, 0.3) is 0 Å². The van der Waals surface area contributed by atoms with Crippen LogP contribution in [0.1, 0.15) is 46.5 Å². The van der Waals surface area contributed by atoms with E-state index in [1.165, 1.54) is 0 Å². The largest absolute Gasteiger partial charge is 0.368 e. The van der Waals surface area contributed by atoms with Gasteiger partial charge >= 0.3 is 0 Å². The third kappa shape index (κ3) is 2.20. The number of carbonyl (C=O) groups excluding carboxylic acids is 2. The topological polar surface area (TPSA) is 63.4 Å². The van der Waals surface area contributed by atoms with Crippen molar-refractivity contribution < 1.29 is 9.59 Å². The van der Waals surface area contributed by atoms with Crippen LogP contribution in [0.3, 0.4) is 0 Å². The lowest BCUT2D eigenvalue weighted by molar-refractivity contribution is -0.142. The van der Waals surface area contributed by atoms with E-state index in [0.29, 0.717) is 25.3 Å². The number of hydrogen-bond donors (Lipinski definition) is 1. The van der Waals surface area contributed by atoms with Crippen LogP contribution in [0.5, 0.6) is 0 Å². The van der Waals surface area contributed by atoms with Crippen LogP contribution in [0.15, 0.2) is 0 Å². The molecule has 0 bridgehead atoms. The molecule has 2 atom stereocenters. The van der Waals surface area contributed by atoms with Crippen LogP contribution in [-0.4, -0.2) is 28.8 Å². The van der Waals surface area contributed by atoms with Gasteiger partial charge in [0, 0.05) is 13.0 Å². The van der Waals surface area contributed by atoms with E-state index in [-0.39, 0.29) is 5.91 Å². The maximum absolute atomic E-state index is 11.9. The van der Waals surface area contributed by atoms with Crippen molar-refractivity contribution in [1.29, 1.82) is 0 Å². The van der Waals surface area contributed by atoms with Crippen LogP contribution < -0.4 is 5.73 Å². The van der Waals surface area contributed by atoms with Gasteiger partial charge in [0.1, 0.15) is 5.54 Å². The Morgan fingerprint density at radius 1 is 1.56 bits per heavy atom. The van der Waals surface area contributed by atoms with Gasteiger partial charge in [0.2, 0.25) is 11.8 Å². The van der Waals surface area contributed by atoms with E-state index in [4.69, 9.17) is 5.73 Å². The molecule has 1 rings (SSSR count). The summed E-state index contributed by atoms with van der Waals surface area (Å²) in [5.74, 6) is 0.0600. The first-order valence-electron chi connectivity index (χ1n) is 6.06. The van der Waals surface area contributed by atoms with E-state index >= 15 is 0 Å². The monoisotopic (exact) mass is 226 g/mol. The van der Waals surface area contributed by atoms with Gasteiger partial charge in [-0.05, 0) is 25.7 Å². The number of nitrogens with two attached hydrogens (primary N) is 1. The molecule has 0 spiro atoms. The maximum atomic E-state index is 11.9. The Labute approximate surface area is 97.2 Å². The Bertz CT molecular complexity index is 291.